The molecule has 0 bridgehead atoms. The zero-order valence-electron chi connectivity index (χ0n) is 15.2. The van der Waals surface area contributed by atoms with Gasteiger partial charge in [-0.3, -0.25) is 4.79 Å². The van der Waals surface area contributed by atoms with Crippen molar-refractivity contribution in [3.05, 3.63) is 42.2 Å². The van der Waals surface area contributed by atoms with Crippen molar-refractivity contribution in [3.63, 3.8) is 0 Å². The van der Waals surface area contributed by atoms with E-state index in [1.807, 2.05) is 23.1 Å². The predicted octanol–water partition coefficient (Wildman–Crippen LogP) is 2.35. The summed E-state index contributed by atoms with van der Waals surface area (Å²) in [5, 5.41) is 4.90. The number of nitrogens with zero attached hydrogens (tertiary/aromatic N) is 5. The second kappa shape index (κ2) is 7.31. The molecule has 2 aliphatic rings. The molecule has 0 N–H and O–H groups in total. The van der Waals surface area contributed by atoms with Crippen LogP contribution in [0.25, 0.3) is 5.78 Å². The first-order valence-electron chi connectivity index (χ1n) is 9.27. The molecule has 0 saturated carbocycles. The topological polar surface area (TPSA) is 81.9 Å². The second-order valence-corrected chi connectivity index (χ2v) is 7.64. The van der Waals surface area contributed by atoms with Crippen molar-refractivity contribution < 1.29 is 14.3 Å². The van der Waals surface area contributed by atoms with Crippen LogP contribution in [0.15, 0.2) is 41.8 Å². The Morgan fingerprint density at radius 2 is 2.14 bits per heavy atom. The molecule has 1 saturated heterocycles. The van der Waals surface area contributed by atoms with Crippen LogP contribution < -0.4 is 9.47 Å². The SMILES string of the molecule is O=C(CSc1nc2ncccn2n1)N1CCCC1c1ccc2c(c1)OCCO2. The number of fused-ring (bicyclic) bond motifs is 2. The summed E-state index contributed by atoms with van der Waals surface area (Å²) < 4.78 is 12.9. The number of benzene rings is 1. The summed E-state index contributed by atoms with van der Waals surface area (Å²) in [6, 6.07) is 7.84. The second-order valence-electron chi connectivity index (χ2n) is 6.70. The van der Waals surface area contributed by atoms with Crippen molar-refractivity contribution in [2.24, 2.45) is 0 Å². The molecule has 0 spiro atoms. The number of carbonyl (C=O) groups excluding carboxylic acids is 1. The van der Waals surface area contributed by atoms with Gasteiger partial charge >= 0.3 is 0 Å². The summed E-state index contributed by atoms with van der Waals surface area (Å²) in [4.78, 5) is 23.3. The van der Waals surface area contributed by atoms with Gasteiger partial charge in [0.2, 0.25) is 11.1 Å². The molecule has 2 aromatic heterocycles. The van der Waals surface area contributed by atoms with Crippen LogP contribution in [0.4, 0.5) is 0 Å². The lowest BCUT2D eigenvalue weighted by Gasteiger charge is -2.26. The third-order valence-corrected chi connectivity index (χ3v) is 5.77. The molecule has 28 heavy (non-hydrogen) atoms. The van der Waals surface area contributed by atoms with E-state index in [4.69, 9.17) is 9.47 Å². The average molecular weight is 397 g/mol. The number of rotatable bonds is 4. The predicted molar refractivity (Wildman–Crippen MR) is 103 cm³/mol. The maximum absolute atomic E-state index is 12.9. The molecule has 144 valence electrons. The van der Waals surface area contributed by atoms with Crippen LogP contribution in [0.3, 0.4) is 0 Å². The first-order chi connectivity index (χ1) is 13.8. The fourth-order valence-electron chi connectivity index (χ4n) is 3.66. The molecule has 2 aliphatic heterocycles. The van der Waals surface area contributed by atoms with Gasteiger partial charge < -0.3 is 14.4 Å². The lowest BCUT2D eigenvalue weighted by molar-refractivity contribution is -0.129. The lowest BCUT2D eigenvalue weighted by Crippen LogP contribution is -2.32. The quantitative estimate of drug-likeness (QED) is 0.625. The summed E-state index contributed by atoms with van der Waals surface area (Å²) in [6.45, 7) is 1.89. The Morgan fingerprint density at radius 1 is 1.25 bits per heavy atom. The normalized spacial score (nSPS) is 18.6. The van der Waals surface area contributed by atoms with Crippen LogP contribution in [0.5, 0.6) is 11.5 Å². The van der Waals surface area contributed by atoms with Gasteiger partial charge in [0.25, 0.3) is 5.78 Å². The van der Waals surface area contributed by atoms with E-state index in [0.29, 0.717) is 29.9 Å². The highest BCUT2D eigenvalue weighted by atomic mass is 32.2. The van der Waals surface area contributed by atoms with Gasteiger partial charge in [-0.2, -0.15) is 4.98 Å². The van der Waals surface area contributed by atoms with Gasteiger partial charge in [0.05, 0.1) is 11.8 Å². The molecule has 0 radical (unpaired) electrons. The summed E-state index contributed by atoms with van der Waals surface area (Å²) in [5.41, 5.74) is 1.09. The van der Waals surface area contributed by atoms with Crippen molar-refractivity contribution in [2.45, 2.75) is 24.0 Å². The number of amides is 1. The lowest BCUT2D eigenvalue weighted by atomic mass is 10.0. The summed E-state index contributed by atoms with van der Waals surface area (Å²) in [5.74, 6) is 2.46. The van der Waals surface area contributed by atoms with E-state index >= 15 is 0 Å². The third kappa shape index (κ3) is 3.26. The Bertz CT molecular complexity index is 991. The van der Waals surface area contributed by atoms with Crippen molar-refractivity contribution >= 4 is 23.4 Å². The summed E-state index contributed by atoms with van der Waals surface area (Å²) in [6.07, 6.45) is 5.41. The Kier molecular flexibility index (Phi) is 4.52. The first kappa shape index (κ1) is 17.3. The highest BCUT2D eigenvalue weighted by Gasteiger charge is 2.31. The van der Waals surface area contributed by atoms with Gasteiger partial charge in [-0.1, -0.05) is 17.8 Å². The first-order valence-corrected chi connectivity index (χ1v) is 10.3. The molecule has 8 nitrogen and oxygen atoms in total. The molecule has 5 rings (SSSR count). The van der Waals surface area contributed by atoms with Crippen molar-refractivity contribution in [1.29, 1.82) is 0 Å². The largest absolute Gasteiger partial charge is 0.486 e. The minimum absolute atomic E-state index is 0.0691. The number of ether oxygens (including phenoxy) is 2. The Morgan fingerprint density at radius 3 is 3.04 bits per heavy atom. The molecule has 1 amide bonds. The number of thioether (sulfide) groups is 1. The summed E-state index contributed by atoms with van der Waals surface area (Å²) >= 11 is 1.34. The fourth-order valence-corrected chi connectivity index (χ4v) is 4.37. The molecule has 1 atom stereocenters. The Balaban J connectivity index is 1.28. The van der Waals surface area contributed by atoms with Gasteiger partial charge in [-0.25, -0.2) is 9.50 Å². The average Bonchev–Trinajstić information content (AvgIpc) is 3.38. The van der Waals surface area contributed by atoms with Crippen LogP contribution in [-0.4, -0.2) is 55.9 Å². The number of carbonyl (C=O) groups is 1. The van der Waals surface area contributed by atoms with E-state index in [-0.39, 0.29) is 11.9 Å². The van der Waals surface area contributed by atoms with Gasteiger partial charge in [0, 0.05) is 18.9 Å². The molecule has 3 aromatic rings. The van der Waals surface area contributed by atoms with E-state index in [9.17, 15) is 4.79 Å². The highest BCUT2D eigenvalue weighted by Crippen LogP contribution is 2.38. The van der Waals surface area contributed by atoms with E-state index in [1.54, 1.807) is 23.0 Å². The van der Waals surface area contributed by atoms with E-state index < -0.39 is 0 Å². The van der Waals surface area contributed by atoms with Crippen LogP contribution in [0.1, 0.15) is 24.4 Å². The third-order valence-electron chi connectivity index (χ3n) is 4.95. The zero-order valence-corrected chi connectivity index (χ0v) is 16.0. The van der Waals surface area contributed by atoms with Crippen LogP contribution in [-0.2, 0) is 4.79 Å². The number of hydrogen-bond acceptors (Lipinski definition) is 7. The molecule has 0 aliphatic carbocycles. The molecule has 9 heteroatoms. The number of aromatic nitrogens is 4. The van der Waals surface area contributed by atoms with Crippen molar-refractivity contribution in [1.82, 2.24) is 24.5 Å². The maximum atomic E-state index is 12.9. The molecule has 1 aromatic carbocycles. The van der Waals surface area contributed by atoms with Crippen molar-refractivity contribution in [2.75, 3.05) is 25.5 Å². The molecule has 1 unspecified atom stereocenters. The van der Waals surface area contributed by atoms with E-state index in [0.717, 1.165) is 36.4 Å². The summed E-state index contributed by atoms with van der Waals surface area (Å²) in [7, 11) is 0. The Hall–Kier alpha value is -2.81. The number of likely N-dealkylation sites (tertiary alicyclic amines) is 1. The molecule has 1 fully saturated rings. The molecular formula is C19H19N5O3S. The van der Waals surface area contributed by atoms with Gasteiger partial charge in [0.1, 0.15) is 13.2 Å². The molecule has 4 heterocycles. The minimum atomic E-state index is 0.0691. The zero-order chi connectivity index (χ0) is 18.9. The van der Waals surface area contributed by atoms with E-state index in [2.05, 4.69) is 15.1 Å². The van der Waals surface area contributed by atoms with Gasteiger partial charge in [-0.15, -0.1) is 5.10 Å². The van der Waals surface area contributed by atoms with E-state index in [1.165, 1.54) is 11.8 Å². The van der Waals surface area contributed by atoms with Crippen LogP contribution in [0.2, 0.25) is 0 Å². The monoisotopic (exact) mass is 397 g/mol. The van der Waals surface area contributed by atoms with Gasteiger partial charge in [-0.05, 0) is 36.6 Å². The fraction of sp³-hybridized carbons (Fsp3) is 0.368. The highest BCUT2D eigenvalue weighted by molar-refractivity contribution is 7.99. The minimum Gasteiger partial charge on any atom is -0.486 e. The smallest absolute Gasteiger partial charge is 0.253 e. The van der Waals surface area contributed by atoms with Crippen LogP contribution >= 0.6 is 11.8 Å². The number of hydrogen-bond donors (Lipinski definition) is 0. The van der Waals surface area contributed by atoms with Gasteiger partial charge in [0.15, 0.2) is 11.5 Å². The van der Waals surface area contributed by atoms with Crippen molar-refractivity contribution in [3.8, 4) is 11.5 Å². The molecular weight excluding hydrogens is 378 g/mol. The maximum Gasteiger partial charge on any atom is 0.253 e. The Labute approximate surface area is 165 Å². The standard InChI is InChI=1S/C19H19N5O3S/c25-17(12-28-19-21-18-20-6-2-8-24(18)22-19)23-7-1-3-14(23)13-4-5-15-16(11-13)27-10-9-26-15/h2,4-6,8,11,14H,1,3,7,9-10,12H2. The van der Waals surface area contributed by atoms with Crippen LogP contribution in [0, 0.1) is 0 Å².